The third-order valence-corrected chi connectivity index (χ3v) is 3.19. The van der Waals surface area contributed by atoms with Gasteiger partial charge in [0.25, 0.3) is 6.02 Å². The molecule has 1 aliphatic carbocycles. The van der Waals surface area contributed by atoms with Crippen LogP contribution in [-0.2, 0) is 16.7 Å². The fourth-order valence-electron chi connectivity index (χ4n) is 2.45. The van der Waals surface area contributed by atoms with Gasteiger partial charge in [0.05, 0.1) is 0 Å². The Morgan fingerprint density at radius 1 is 1.47 bits per heavy atom. The molecule has 78 valence electrons. The SMILES string of the molecule is NC1=NC2(CCc3c(F)cccc32)CO1. The monoisotopic (exact) mass is 206 g/mol. The van der Waals surface area contributed by atoms with Crippen molar-refractivity contribution in [3.63, 3.8) is 0 Å². The lowest BCUT2D eigenvalue weighted by molar-refractivity contribution is 0.253. The van der Waals surface area contributed by atoms with E-state index in [2.05, 4.69) is 4.99 Å². The van der Waals surface area contributed by atoms with Crippen LogP contribution in [0.4, 0.5) is 4.39 Å². The van der Waals surface area contributed by atoms with Crippen molar-refractivity contribution in [3.05, 3.63) is 35.1 Å². The molecule has 2 aliphatic rings. The highest BCUT2D eigenvalue weighted by Crippen LogP contribution is 2.43. The smallest absolute Gasteiger partial charge is 0.283 e. The van der Waals surface area contributed by atoms with Crippen LogP contribution in [0, 0.1) is 5.82 Å². The molecule has 0 saturated carbocycles. The van der Waals surface area contributed by atoms with Gasteiger partial charge in [-0.25, -0.2) is 9.38 Å². The van der Waals surface area contributed by atoms with Gasteiger partial charge < -0.3 is 10.5 Å². The molecule has 0 amide bonds. The second-order valence-electron chi connectivity index (χ2n) is 4.04. The number of hydrogen-bond acceptors (Lipinski definition) is 3. The number of amidine groups is 1. The summed E-state index contributed by atoms with van der Waals surface area (Å²) in [5.74, 6) is -0.148. The molecule has 0 bridgehead atoms. The highest BCUT2D eigenvalue weighted by atomic mass is 19.1. The van der Waals surface area contributed by atoms with Crippen molar-refractivity contribution in [2.45, 2.75) is 18.4 Å². The van der Waals surface area contributed by atoms with Gasteiger partial charge >= 0.3 is 0 Å². The molecule has 1 aromatic rings. The summed E-state index contributed by atoms with van der Waals surface area (Å²) in [6, 6.07) is 5.33. The molecular weight excluding hydrogens is 195 g/mol. The number of rotatable bonds is 0. The molecule has 1 unspecified atom stereocenters. The van der Waals surface area contributed by atoms with Crippen molar-refractivity contribution < 1.29 is 9.13 Å². The van der Waals surface area contributed by atoms with Crippen LogP contribution < -0.4 is 5.73 Å². The third-order valence-electron chi connectivity index (χ3n) is 3.19. The summed E-state index contributed by atoms with van der Waals surface area (Å²) in [6.45, 7) is 0.440. The number of nitrogens with zero attached hydrogens (tertiary/aromatic N) is 1. The minimum absolute atomic E-state index is 0.148. The highest BCUT2D eigenvalue weighted by Gasteiger charge is 2.44. The van der Waals surface area contributed by atoms with Gasteiger partial charge in [-0.2, -0.15) is 0 Å². The maximum atomic E-state index is 13.5. The van der Waals surface area contributed by atoms with Crippen molar-refractivity contribution >= 4 is 6.02 Å². The van der Waals surface area contributed by atoms with Crippen LogP contribution in [0.5, 0.6) is 0 Å². The second kappa shape index (κ2) is 2.72. The molecule has 3 rings (SSSR count). The van der Waals surface area contributed by atoms with E-state index < -0.39 is 5.54 Å². The average Bonchev–Trinajstić information content (AvgIpc) is 2.75. The molecule has 4 heteroatoms. The molecular formula is C11H11FN2O. The van der Waals surface area contributed by atoms with Crippen LogP contribution in [-0.4, -0.2) is 12.6 Å². The van der Waals surface area contributed by atoms with Crippen LogP contribution in [0.1, 0.15) is 17.5 Å². The molecule has 2 N–H and O–H groups in total. The first-order valence-corrected chi connectivity index (χ1v) is 4.97. The van der Waals surface area contributed by atoms with E-state index in [-0.39, 0.29) is 11.8 Å². The maximum absolute atomic E-state index is 13.5. The molecule has 1 spiro atoms. The molecule has 3 nitrogen and oxygen atoms in total. The topological polar surface area (TPSA) is 47.6 Å². The van der Waals surface area contributed by atoms with Crippen LogP contribution >= 0.6 is 0 Å². The second-order valence-corrected chi connectivity index (χ2v) is 4.04. The zero-order valence-electron chi connectivity index (χ0n) is 8.16. The van der Waals surface area contributed by atoms with Gasteiger partial charge in [-0.05, 0) is 30.0 Å². The predicted molar refractivity (Wildman–Crippen MR) is 54.0 cm³/mol. The molecule has 15 heavy (non-hydrogen) atoms. The van der Waals surface area contributed by atoms with E-state index in [1.54, 1.807) is 6.07 Å². The van der Waals surface area contributed by atoms with E-state index >= 15 is 0 Å². The van der Waals surface area contributed by atoms with Crippen LogP contribution in [0.3, 0.4) is 0 Å². The maximum Gasteiger partial charge on any atom is 0.283 e. The fourth-order valence-corrected chi connectivity index (χ4v) is 2.45. The summed E-state index contributed by atoms with van der Waals surface area (Å²) in [4.78, 5) is 4.31. The summed E-state index contributed by atoms with van der Waals surface area (Å²) in [7, 11) is 0. The number of hydrogen-bond donors (Lipinski definition) is 1. The number of nitrogens with two attached hydrogens (primary N) is 1. The first-order chi connectivity index (χ1) is 7.21. The zero-order valence-corrected chi connectivity index (χ0v) is 8.16. The Hall–Kier alpha value is -1.58. The van der Waals surface area contributed by atoms with Crippen molar-refractivity contribution in [3.8, 4) is 0 Å². The standard InChI is InChI=1S/C11H11FN2O/c12-9-3-1-2-8-7(9)4-5-11(8)6-15-10(13)14-11/h1-3H,4-6H2,(H2,13,14). The molecule has 1 aromatic carbocycles. The van der Waals surface area contributed by atoms with E-state index in [0.717, 1.165) is 17.5 Å². The minimum Gasteiger partial charge on any atom is -0.462 e. The molecule has 1 heterocycles. The van der Waals surface area contributed by atoms with E-state index in [4.69, 9.17) is 10.5 Å². The van der Waals surface area contributed by atoms with E-state index in [1.807, 2.05) is 6.07 Å². The number of halogens is 1. The van der Waals surface area contributed by atoms with Crippen LogP contribution in [0.2, 0.25) is 0 Å². The van der Waals surface area contributed by atoms with Crippen LogP contribution in [0.25, 0.3) is 0 Å². The minimum atomic E-state index is -0.415. The Labute approximate surface area is 86.8 Å². The van der Waals surface area contributed by atoms with E-state index in [1.165, 1.54) is 6.07 Å². The first-order valence-electron chi connectivity index (χ1n) is 4.97. The molecule has 0 fully saturated rings. The summed E-state index contributed by atoms with van der Waals surface area (Å²) < 4.78 is 18.7. The number of fused-ring (bicyclic) bond motifs is 2. The predicted octanol–water partition coefficient (Wildman–Crippen LogP) is 1.31. The van der Waals surface area contributed by atoms with Gasteiger partial charge in [-0.3, -0.25) is 0 Å². The van der Waals surface area contributed by atoms with Gasteiger partial charge in [0, 0.05) is 0 Å². The first kappa shape index (κ1) is 8.71. The quantitative estimate of drug-likeness (QED) is 0.695. The third kappa shape index (κ3) is 1.07. The molecule has 0 aromatic heterocycles. The van der Waals surface area contributed by atoms with Crippen molar-refractivity contribution in [1.29, 1.82) is 0 Å². The zero-order chi connectivity index (χ0) is 10.5. The number of benzene rings is 1. The summed E-state index contributed by atoms with van der Waals surface area (Å²) in [5, 5.41) is 0. The Kier molecular flexibility index (Phi) is 1.58. The fraction of sp³-hybridized carbons (Fsp3) is 0.364. The lowest BCUT2D eigenvalue weighted by atomic mass is 9.94. The van der Waals surface area contributed by atoms with E-state index in [9.17, 15) is 4.39 Å². The molecule has 1 atom stereocenters. The lowest BCUT2D eigenvalue weighted by Gasteiger charge is -2.18. The van der Waals surface area contributed by atoms with Gasteiger partial charge in [-0.15, -0.1) is 0 Å². The Morgan fingerprint density at radius 3 is 3.07 bits per heavy atom. The largest absolute Gasteiger partial charge is 0.462 e. The molecule has 0 saturated heterocycles. The van der Waals surface area contributed by atoms with Gasteiger partial charge in [0.2, 0.25) is 0 Å². The normalized spacial score (nSPS) is 27.7. The Balaban J connectivity index is 2.17. The molecule has 0 radical (unpaired) electrons. The lowest BCUT2D eigenvalue weighted by Crippen LogP contribution is -2.21. The van der Waals surface area contributed by atoms with Gasteiger partial charge in [-0.1, -0.05) is 12.1 Å². The van der Waals surface area contributed by atoms with Crippen molar-refractivity contribution in [2.75, 3.05) is 6.61 Å². The summed E-state index contributed by atoms with van der Waals surface area (Å²) in [6.07, 6.45) is 1.49. The number of aliphatic imine (C=N–C) groups is 1. The van der Waals surface area contributed by atoms with Gasteiger partial charge in [0.1, 0.15) is 18.0 Å². The van der Waals surface area contributed by atoms with Crippen molar-refractivity contribution in [2.24, 2.45) is 10.7 Å². The molecule has 1 aliphatic heterocycles. The van der Waals surface area contributed by atoms with Crippen LogP contribution in [0.15, 0.2) is 23.2 Å². The summed E-state index contributed by atoms with van der Waals surface area (Å²) >= 11 is 0. The highest BCUT2D eigenvalue weighted by molar-refractivity contribution is 5.74. The Bertz CT molecular complexity index is 458. The number of ether oxygens (including phenoxy) is 1. The van der Waals surface area contributed by atoms with Gasteiger partial charge in [0.15, 0.2) is 0 Å². The van der Waals surface area contributed by atoms with E-state index in [0.29, 0.717) is 13.0 Å². The Morgan fingerprint density at radius 2 is 2.33 bits per heavy atom. The average molecular weight is 206 g/mol. The van der Waals surface area contributed by atoms with Crippen molar-refractivity contribution in [1.82, 2.24) is 0 Å². The summed E-state index contributed by atoms with van der Waals surface area (Å²) in [5.41, 5.74) is 6.80.